The molecule has 2 rings (SSSR count). The Morgan fingerprint density at radius 2 is 2.06 bits per heavy atom. The van der Waals surface area contributed by atoms with Crippen molar-refractivity contribution in [3.63, 3.8) is 0 Å². The molecule has 0 saturated heterocycles. The van der Waals surface area contributed by atoms with Crippen molar-refractivity contribution in [1.29, 1.82) is 0 Å². The first kappa shape index (κ1) is 13.1. The number of aliphatic hydroxyl groups is 1. The Morgan fingerprint density at radius 1 is 1.39 bits per heavy atom. The number of carbonyl (C=O) groups excluding carboxylic acids is 1. The second-order valence-electron chi connectivity index (χ2n) is 5.28. The van der Waals surface area contributed by atoms with Gasteiger partial charge in [0.25, 0.3) is 0 Å². The molecule has 1 aliphatic carbocycles. The first-order valence-corrected chi connectivity index (χ1v) is 6.35. The molecule has 0 spiro atoms. The van der Waals surface area contributed by atoms with Crippen LogP contribution in [0.15, 0.2) is 12.1 Å². The van der Waals surface area contributed by atoms with E-state index in [9.17, 15) is 9.90 Å². The van der Waals surface area contributed by atoms with E-state index < -0.39 is 5.41 Å². The van der Waals surface area contributed by atoms with Crippen molar-refractivity contribution in [2.24, 2.45) is 5.41 Å². The first-order chi connectivity index (χ1) is 8.54. The lowest BCUT2D eigenvalue weighted by Gasteiger charge is -2.39. The Morgan fingerprint density at radius 3 is 2.50 bits per heavy atom. The van der Waals surface area contributed by atoms with Crippen LogP contribution in [0.5, 0.6) is 5.75 Å². The zero-order valence-corrected chi connectivity index (χ0v) is 11.2. The maximum Gasteiger partial charge on any atom is 0.175 e. The monoisotopic (exact) mass is 248 g/mol. The van der Waals surface area contributed by atoms with Crippen LogP contribution in [-0.2, 0) is 0 Å². The summed E-state index contributed by atoms with van der Waals surface area (Å²) in [4.78, 5) is 12.6. The Bertz CT molecular complexity index is 467. The molecule has 0 aliphatic heterocycles. The summed E-state index contributed by atoms with van der Waals surface area (Å²) in [6, 6.07) is 3.87. The molecule has 3 heteroatoms. The van der Waals surface area contributed by atoms with Gasteiger partial charge in [-0.3, -0.25) is 4.79 Å². The molecule has 0 heterocycles. The normalized spacial score (nSPS) is 17.1. The molecule has 1 N–H and O–H groups in total. The summed E-state index contributed by atoms with van der Waals surface area (Å²) in [6.45, 7) is 3.84. The summed E-state index contributed by atoms with van der Waals surface area (Å²) >= 11 is 0. The van der Waals surface area contributed by atoms with Gasteiger partial charge in [-0.25, -0.2) is 0 Å². The van der Waals surface area contributed by atoms with Crippen LogP contribution in [0.4, 0.5) is 0 Å². The molecule has 98 valence electrons. The quantitative estimate of drug-likeness (QED) is 0.833. The van der Waals surface area contributed by atoms with Gasteiger partial charge in [0.1, 0.15) is 5.75 Å². The van der Waals surface area contributed by atoms with Gasteiger partial charge in [0.15, 0.2) is 5.78 Å². The van der Waals surface area contributed by atoms with E-state index in [0.29, 0.717) is 11.3 Å². The highest BCUT2D eigenvalue weighted by molar-refractivity contribution is 6.03. The van der Waals surface area contributed by atoms with Crippen molar-refractivity contribution in [2.45, 2.75) is 33.1 Å². The summed E-state index contributed by atoms with van der Waals surface area (Å²) in [5.74, 6) is 0.672. The SMILES string of the molecule is COc1c(C)cc(C)cc1C(=O)C1(CO)CCC1. The zero-order chi connectivity index (χ0) is 13.3. The minimum atomic E-state index is -0.562. The van der Waals surface area contributed by atoms with Crippen molar-refractivity contribution in [3.8, 4) is 5.75 Å². The molecule has 0 amide bonds. The third-order valence-corrected chi connectivity index (χ3v) is 3.96. The second-order valence-corrected chi connectivity index (χ2v) is 5.28. The number of benzene rings is 1. The lowest BCUT2D eigenvalue weighted by Crippen LogP contribution is -2.41. The molecule has 1 aromatic carbocycles. The van der Waals surface area contributed by atoms with E-state index in [0.717, 1.165) is 30.4 Å². The van der Waals surface area contributed by atoms with Gasteiger partial charge >= 0.3 is 0 Å². The van der Waals surface area contributed by atoms with Crippen LogP contribution in [0.1, 0.15) is 40.7 Å². The van der Waals surface area contributed by atoms with Crippen LogP contribution in [0.3, 0.4) is 0 Å². The number of methoxy groups -OCH3 is 1. The van der Waals surface area contributed by atoms with Crippen LogP contribution in [0, 0.1) is 19.3 Å². The van der Waals surface area contributed by atoms with Crippen molar-refractivity contribution in [2.75, 3.05) is 13.7 Å². The molecule has 18 heavy (non-hydrogen) atoms. The fraction of sp³-hybridized carbons (Fsp3) is 0.533. The molecule has 0 aromatic heterocycles. The summed E-state index contributed by atoms with van der Waals surface area (Å²) < 4.78 is 5.36. The highest BCUT2D eigenvalue weighted by Crippen LogP contribution is 2.45. The largest absolute Gasteiger partial charge is 0.496 e. The van der Waals surface area contributed by atoms with Gasteiger partial charge in [-0.1, -0.05) is 12.5 Å². The standard InChI is InChI=1S/C15H20O3/c1-10-7-11(2)13(18-3)12(8-10)14(17)15(9-16)5-4-6-15/h7-8,16H,4-6,9H2,1-3H3. The third-order valence-electron chi connectivity index (χ3n) is 3.96. The van der Waals surface area contributed by atoms with E-state index in [1.54, 1.807) is 7.11 Å². The Hall–Kier alpha value is -1.35. The summed E-state index contributed by atoms with van der Waals surface area (Å²) in [6.07, 6.45) is 2.57. The lowest BCUT2D eigenvalue weighted by molar-refractivity contribution is 0.0345. The summed E-state index contributed by atoms with van der Waals surface area (Å²) in [7, 11) is 1.58. The van der Waals surface area contributed by atoms with Crippen molar-refractivity contribution in [3.05, 3.63) is 28.8 Å². The van der Waals surface area contributed by atoms with E-state index in [4.69, 9.17) is 4.74 Å². The van der Waals surface area contributed by atoms with E-state index >= 15 is 0 Å². The maximum atomic E-state index is 12.6. The number of carbonyl (C=O) groups is 1. The third kappa shape index (κ3) is 1.93. The molecular weight excluding hydrogens is 228 g/mol. The topological polar surface area (TPSA) is 46.5 Å². The molecule has 1 aromatic rings. The minimum absolute atomic E-state index is 0.0277. The van der Waals surface area contributed by atoms with Crippen LogP contribution >= 0.6 is 0 Å². The number of ketones is 1. The first-order valence-electron chi connectivity index (χ1n) is 6.35. The van der Waals surface area contributed by atoms with Crippen molar-refractivity contribution < 1.29 is 14.6 Å². The van der Waals surface area contributed by atoms with Gasteiger partial charge in [-0.05, 0) is 43.9 Å². The smallest absolute Gasteiger partial charge is 0.175 e. The van der Waals surface area contributed by atoms with Crippen LogP contribution in [0.25, 0.3) is 0 Å². The average molecular weight is 248 g/mol. The van der Waals surface area contributed by atoms with Gasteiger partial charge < -0.3 is 9.84 Å². The average Bonchev–Trinajstić information content (AvgIpc) is 2.27. The van der Waals surface area contributed by atoms with E-state index in [1.165, 1.54) is 0 Å². The highest BCUT2D eigenvalue weighted by atomic mass is 16.5. The maximum absolute atomic E-state index is 12.6. The van der Waals surface area contributed by atoms with E-state index in [-0.39, 0.29) is 12.4 Å². The number of aliphatic hydroxyl groups excluding tert-OH is 1. The van der Waals surface area contributed by atoms with Crippen LogP contribution in [-0.4, -0.2) is 24.6 Å². The molecule has 0 unspecified atom stereocenters. The fourth-order valence-corrected chi connectivity index (χ4v) is 2.74. The molecule has 0 atom stereocenters. The molecule has 1 fully saturated rings. The highest BCUT2D eigenvalue weighted by Gasteiger charge is 2.44. The number of hydrogen-bond acceptors (Lipinski definition) is 3. The Kier molecular flexibility index (Phi) is 3.44. The fourth-order valence-electron chi connectivity index (χ4n) is 2.74. The van der Waals surface area contributed by atoms with Crippen LogP contribution in [0.2, 0.25) is 0 Å². The number of aryl methyl sites for hydroxylation is 2. The molecule has 1 saturated carbocycles. The number of rotatable bonds is 4. The molecular formula is C15H20O3. The van der Waals surface area contributed by atoms with Gasteiger partial charge in [0, 0.05) is 0 Å². The van der Waals surface area contributed by atoms with Crippen molar-refractivity contribution >= 4 is 5.78 Å². The number of Topliss-reactive ketones (excluding diaryl/α,β-unsaturated/α-hetero) is 1. The zero-order valence-electron chi connectivity index (χ0n) is 11.2. The summed E-state index contributed by atoms with van der Waals surface area (Å²) in [5.41, 5.74) is 2.06. The second kappa shape index (κ2) is 4.73. The van der Waals surface area contributed by atoms with Gasteiger partial charge in [-0.2, -0.15) is 0 Å². The van der Waals surface area contributed by atoms with Gasteiger partial charge in [-0.15, -0.1) is 0 Å². The predicted molar refractivity (Wildman–Crippen MR) is 70.2 cm³/mol. The van der Waals surface area contributed by atoms with Crippen LogP contribution < -0.4 is 4.74 Å². The number of hydrogen-bond donors (Lipinski definition) is 1. The molecule has 1 aliphatic rings. The minimum Gasteiger partial charge on any atom is -0.496 e. The van der Waals surface area contributed by atoms with Gasteiger partial charge in [0.05, 0.1) is 24.7 Å². The Balaban J connectivity index is 2.47. The molecule has 0 bridgehead atoms. The Labute approximate surface area is 108 Å². The molecule has 0 radical (unpaired) electrons. The van der Waals surface area contributed by atoms with E-state index in [2.05, 4.69) is 0 Å². The predicted octanol–water partition coefficient (Wildman–Crippen LogP) is 2.66. The number of ether oxygens (including phenoxy) is 1. The molecule has 3 nitrogen and oxygen atoms in total. The van der Waals surface area contributed by atoms with Gasteiger partial charge in [0.2, 0.25) is 0 Å². The summed E-state index contributed by atoms with van der Waals surface area (Å²) in [5, 5.41) is 9.51. The van der Waals surface area contributed by atoms with E-state index in [1.807, 2.05) is 26.0 Å². The van der Waals surface area contributed by atoms with Crippen molar-refractivity contribution in [1.82, 2.24) is 0 Å². The lowest BCUT2D eigenvalue weighted by atomic mass is 9.65.